The fourth-order valence-electron chi connectivity index (χ4n) is 2.82. The number of fused-ring (bicyclic) bond motifs is 1. The Morgan fingerprint density at radius 3 is 2.46 bits per heavy atom. The Labute approximate surface area is 161 Å². The molecule has 4 aromatic rings. The van der Waals surface area contributed by atoms with E-state index in [0.717, 1.165) is 22.4 Å². The number of nitrogens with one attached hydrogen (secondary N) is 2. The summed E-state index contributed by atoms with van der Waals surface area (Å²) in [5, 5.41) is 2.81. The van der Waals surface area contributed by atoms with Crippen LogP contribution in [0.25, 0.3) is 22.4 Å². The summed E-state index contributed by atoms with van der Waals surface area (Å²) in [6.07, 6.45) is -0.722. The molecule has 0 saturated carbocycles. The number of benzene rings is 3. The molecule has 0 bridgehead atoms. The number of aromatic amines is 1. The number of para-hydroxylation sites is 2. The van der Waals surface area contributed by atoms with Crippen LogP contribution in [0.2, 0.25) is 0 Å². The van der Waals surface area contributed by atoms with Gasteiger partial charge in [-0.2, -0.15) is 0 Å². The van der Waals surface area contributed by atoms with Gasteiger partial charge in [0.2, 0.25) is 0 Å². The molecule has 1 atom stereocenters. The maximum absolute atomic E-state index is 12.9. The molecular formula is C22H18FN3O2. The Kier molecular flexibility index (Phi) is 4.76. The molecule has 3 aromatic carbocycles. The number of amides is 1. The molecule has 1 amide bonds. The number of ether oxygens (including phenoxy) is 1. The van der Waals surface area contributed by atoms with Gasteiger partial charge in [-0.25, -0.2) is 9.37 Å². The van der Waals surface area contributed by atoms with E-state index < -0.39 is 6.10 Å². The van der Waals surface area contributed by atoms with Crippen LogP contribution in [-0.2, 0) is 4.79 Å². The standard InChI is InChI=1S/C22H18FN3O2/c1-14(28-18-12-8-16(23)9-13-18)22(27)24-17-10-6-15(7-11-17)21-25-19-4-2-3-5-20(19)26-21/h2-14H,1H3,(H,24,27)(H,25,26). The first-order valence-corrected chi connectivity index (χ1v) is 8.87. The molecule has 0 radical (unpaired) electrons. The summed E-state index contributed by atoms with van der Waals surface area (Å²) in [4.78, 5) is 20.2. The fraction of sp³-hybridized carbons (Fsp3) is 0.0909. The monoisotopic (exact) mass is 375 g/mol. The van der Waals surface area contributed by atoms with E-state index in [-0.39, 0.29) is 11.7 Å². The van der Waals surface area contributed by atoms with Crippen molar-refractivity contribution in [3.63, 3.8) is 0 Å². The third-order valence-corrected chi connectivity index (χ3v) is 4.31. The number of aromatic nitrogens is 2. The van der Waals surface area contributed by atoms with Crippen molar-refractivity contribution in [3.8, 4) is 17.1 Å². The molecule has 0 aliphatic rings. The zero-order valence-electron chi connectivity index (χ0n) is 15.1. The van der Waals surface area contributed by atoms with Gasteiger partial charge in [0, 0.05) is 11.3 Å². The van der Waals surface area contributed by atoms with Crippen LogP contribution in [0.5, 0.6) is 5.75 Å². The van der Waals surface area contributed by atoms with E-state index in [9.17, 15) is 9.18 Å². The Balaban J connectivity index is 1.42. The van der Waals surface area contributed by atoms with Crippen LogP contribution in [0, 0.1) is 5.82 Å². The number of imidazole rings is 1. The van der Waals surface area contributed by atoms with Gasteiger partial charge in [-0.3, -0.25) is 4.79 Å². The molecule has 5 nitrogen and oxygen atoms in total. The molecule has 4 rings (SSSR count). The highest BCUT2D eigenvalue weighted by molar-refractivity contribution is 5.94. The Morgan fingerprint density at radius 2 is 1.75 bits per heavy atom. The third-order valence-electron chi connectivity index (χ3n) is 4.31. The minimum Gasteiger partial charge on any atom is -0.481 e. The number of anilines is 1. The van der Waals surface area contributed by atoms with Crippen molar-refractivity contribution in [3.05, 3.63) is 78.6 Å². The van der Waals surface area contributed by atoms with Crippen LogP contribution >= 0.6 is 0 Å². The molecule has 0 fully saturated rings. The van der Waals surface area contributed by atoms with Crippen LogP contribution in [0.4, 0.5) is 10.1 Å². The number of rotatable bonds is 5. The van der Waals surface area contributed by atoms with Crippen LogP contribution < -0.4 is 10.1 Å². The van der Waals surface area contributed by atoms with Gasteiger partial charge in [-0.05, 0) is 67.6 Å². The predicted octanol–water partition coefficient (Wildman–Crippen LogP) is 4.78. The molecule has 0 aliphatic carbocycles. The van der Waals surface area contributed by atoms with Gasteiger partial charge in [0.05, 0.1) is 11.0 Å². The minimum atomic E-state index is -0.722. The van der Waals surface area contributed by atoms with E-state index in [4.69, 9.17) is 4.74 Å². The lowest BCUT2D eigenvalue weighted by Crippen LogP contribution is -2.30. The summed E-state index contributed by atoms with van der Waals surface area (Å²) in [6.45, 7) is 1.64. The molecule has 2 N–H and O–H groups in total. The molecule has 6 heteroatoms. The minimum absolute atomic E-state index is 0.291. The van der Waals surface area contributed by atoms with E-state index in [1.807, 2.05) is 48.5 Å². The third kappa shape index (κ3) is 3.86. The largest absolute Gasteiger partial charge is 0.481 e. The molecule has 140 valence electrons. The van der Waals surface area contributed by atoms with Crippen molar-refractivity contribution in [2.75, 3.05) is 5.32 Å². The van der Waals surface area contributed by atoms with Crippen molar-refractivity contribution in [2.45, 2.75) is 13.0 Å². The average Bonchev–Trinajstić information content (AvgIpc) is 3.14. The topological polar surface area (TPSA) is 67.0 Å². The lowest BCUT2D eigenvalue weighted by Gasteiger charge is -2.14. The normalized spacial score (nSPS) is 11.9. The predicted molar refractivity (Wildman–Crippen MR) is 107 cm³/mol. The second kappa shape index (κ2) is 7.52. The average molecular weight is 375 g/mol. The maximum Gasteiger partial charge on any atom is 0.265 e. The van der Waals surface area contributed by atoms with Crippen LogP contribution in [-0.4, -0.2) is 22.0 Å². The summed E-state index contributed by atoms with van der Waals surface area (Å²) in [6, 6.07) is 20.8. The van der Waals surface area contributed by atoms with Gasteiger partial charge in [0.15, 0.2) is 6.10 Å². The van der Waals surface area contributed by atoms with Gasteiger partial charge in [-0.1, -0.05) is 12.1 Å². The molecule has 28 heavy (non-hydrogen) atoms. The number of hydrogen-bond donors (Lipinski definition) is 2. The zero-order valence-corrected chi connectivity index (χ0v) is 15.1. The van der Waals surface area contributed by atoms with E-state index in [0.29, 0.717) is 11.4 Å². The lowest BCUT2D eigenvalue weighted by molar-refractivity contribution is -0.122. The number of carbonyl (C=O) groups excluding carboxylic acids is 1. The number of hydrogen-bond acceptors (Lipinski definition) is 3. The molecule has 0 spiro atoms. The lowest BCUT2D eigenvalue weighted by atomic mass is 10.2. The first-order chi connectivity index (χ1) is 13.6. The van der Waals surface area contributed by atoms with Crippen LogP contribution in [0.3, 0.4) is 0 Å². The summed E-state index contributed by atoms with van der Waals surface area (Å²) >= 11 is 0. The van der Waals surface area contributed by atoms with Crippen LogP contribution in [0.15, 0.2) is 72.8 Å². The summed E-state index contributed by atoms with van der Waals surface area (Å²) in [5.74, 6) is 0.561. The van der Waals surface area contributed by atoms with Gasteiger partial charge in [0.25, 0.3) is 5.91 Å². The molecular weight excluding hydrogens is 357 g/mol. The van der Waals surface area contributed by atoms with Crippen molar-refractivity contribution in [2.24, 2.45) is 0 Å². The van der Waals surface area contributed by atoms with Gasteiger partial charge < -0.3 is 15.0 Å². The van der Waals surface area contributed by atoms with Gasteiger partial charge in [-0.15, -0.1) is 0 Å². The first kappa shape index (κ1) is 17.7. The SMILES string of the molecule is CC(Oc1ccc(F)cc1)C(=O)Nc1ccc(-c2nc3ccccc3[nH]2)cc1. The van der Waals surface area contributed by atoms with Crippen molar-refractivity contribution in [1.29, 1.82) is 0 Å². The second-order valence-corrected chi connectivity index (χ2v) is 6.38. The number of carbonyl (C=O) groups is 1. The number of halogens is 1. The highest BCUT2D eigenvalue weighted by Gasteiger charge is 2.15. The van der Waals surface area contributed by atoms with Gasteiger partial charge >= 0.3 is 0 Å². The second-order valence-electron chi connectivity index (χ2n) is 6.38. The van der Waals surface area contributed by atoms with Crippen molar-refractivity contribution >= 4 is 22.6 Å². The van der Waals surface area contributed by atoms with Crippen molar-refractivity contribution < 1.29 is 13.9 Å². The van der Waals surface area contributed by atoms with Crippen LogP contribution in [0.1, 0.15) is 6.92 Å². The van der Waals surface area contributed by atoms with E-state index in [1.165, 1.54) is 24.3 Å². The molecule has 0 aliphatic heterocycles. The quantitative estimate of drug-likeness (QED) is 0.528. The smallest absolute Gasteiger partial charge is 0.265 e. The number of nitrogens with zero attached hydrogens (tertiary/aromatic N) is 1. The first-order valence-electron chi connectivity index (χ1n) is 8.87. The molecule has 1 aromatic heterocycles. The maximum atomic E-state index is 12.9. The zero-order chi connectivity index (χ0) is 19.5. The molecule has 0 saturated heterocycles. The van der Waals surface area contributed by atoms with Crippen molar-refractivity contribution in [1.82, 2.24) is 9.97 Å². The fourth-order valence-corrected chi connectivity index (χ4v) is 2.82. The van der Waals surface area contributed by atoms with E-state index in [2.05, 4.69) is 15.3 Å². The Morgan fingerprint density at radius 1 is 1.04 bits per heavy atom. The van der Waals surface area contributed by atoms with E-state index >= 15 is 0 Å². The molecule has 1 unspecified atom stereocenters. The van der Waals surface area contributed by atoms with E-state index in [1.54, 1.807) is 6.92 Å². The highest BCUT2D eigenvalue weighted by Crippen LogP contribution is 2.22. The summed E-state index contributed by atoms with van der Waals surface area (Å²) < 4.78 is 18.5. The summed E-state index contributed by atoms with van der Waals surface area (Å²) in [5.41, 5.74) is 3.45. The Bertz CT molecular complexity index is 1070. The summed E-state index contributed by atoms with van der Waals surface area (Å²) in [7, 11) is 0. The van der Waals surface area contributed by atoms with Gasteiger partial charge in [0.1, 0.15) is 17.4 Å². The highest BCUT2D eigenvalue weighted by atomic mass is 19.1. The Hall–Kier alpha value is -3.67. The molecule has 1 heterocycles. The number of H-pyrrole nitrogens is 1.